The molecule has 0 radical (unpaired) electrons. The second-order valence-corrected chi connectivity index (χ2v) is 7.19. The Morgan fingerprint density at radius 1 is 1.21 bits per heavy atom. The maximum absolute atomic E-state index is 12.3. The van der Waals surface area contributed by atoms with Gasteiger partial charge in [-0.3, -0.25) is 4.99 Å². The molecule has 1 aliphatic rings. The van der Waals surface area contributed by atoms with Crippen molar-refractivity contribution in [2.24, 2.45) is 12.0 Å². The van der Waals surface area contributed by atoms with E-state index in [0.29, 0.717) is 6.54 Å². The lowest BCUT2D eigenvalue weighted by Gasteiger charge is -2.22. The third kappa shape index (κ3) is 6.38. The highest BCUT2D eigenvalue weighted by Gasteiger charge is 2.17. The Morgan fingerprint density at radius 3 is 2.62 bits per heavy atom. The zero-order valence-corrected chi connectivity index (χ0v) is 19.7. The van der Waals surface area contributed by atoms with Crippen LogP contribution in [0.5, 0.6) is 0 Å². The predicted octanol–water partition coefficient (Wildman–Crippen LogP) is 3.48. The SMILES string of the molecule is CN=C(NCc1cccc(NC(=O)N2CCCC2)c1)N(C)Cc1cccn1C.I. The fraction of sp³-hybridized carbons (Fsp3) is 0.429. The number of hydrogen-bond acceptors (Lipinski definition) is 2. The maximum atomic E-state index is 12.3. The van der Waals surface area contributed by atoms with Crippen molar-refractivity contribution in [3.63, 3.8) is 0 Å². The highest BCUT2D eigenvalue weighted by Crippen LogP contribution is 2.14. The fourth-order valence-corrected chi connectivity index (χ4v) is 3.43. The molecule has 1 aliphatic heterocycles. The highest BCUT2D eigenvalue weighted by molar-refractivity contribution is 14.0. The molecular formula is C21H31IN6O. The monoisotopic (exact) mass is 510 g/mol. The molecule has 0 atom stereocenters. The molecular weight excluding hydrogens is 479 g/mol. The van der Waals surface area contributed by atoms with Gasteiger partial charge in [-0.05, 0) is 42.7 Å². The topological polar surface area (TPSA) is 64.9 Å². The van der Waals surface area contributed by atoms with Gasteiger partial charge in [-0.1, -0.05) is 12.1 Å². The van der Waals surface area contributed by atoms with Crippen molar-refractivity contribution in [1.29, 1.82) is 0 Å². The Kier molecular flexibility index (Phi) is 8.81. The van der Waals surface area contributed by atoms with Crippen LogP contribution in [0, 0.1) is 0 Å². The number of carbonyl (C=O) groups is 1. The van der Waals surface area contributed by atoms with Crippen LogP contribution < -0.4 is 10.6 Å². The summed E-state index contributed by atoms with van der Waals surface area (Å²) in [6.45, 7) is 3.10. The first-order chi connectivity index (χ1) is 13.6. The summed E-state index contributed by atoms with van der Waals surface area (Å²) < 4.78 is 2.11. The van der Waals surface area contributed by atoms with Crippen molar-refractivity contribution >= 4 is 41.7 Å². The van der Waals surface area contributed by atoms with Gasteiger partial charge in [-0.2, -0.15) is 0 Å². The normalized spacial score (nSPS) is 13.8. The van der Waals surface area contributed by atoms with Gasteiger partial charge >= 0.3 is 6.03 Å². The molecule has 3 rings (SSSR count). The number of urea groups is 1. The minimum atomic E-state index is -0.0132. The van der Waals surface area contributed by atoms with Gasteiger partial charge in [-0.25, -0.2) is 4.79 Å². The number of halogens is 1. The van der Waals surface area contributed by atoms with Gasteiger partial charge in [0.2, 0.25) is 0 Å². The second kappa shape index (κ2) is 11.1. The summed E-state index contributed by atoms with van der Waals surface area (Å²) in [5.41, 5.74) is 3.13. The summed E-state index contributed by atoms with van der Waals surface area (Å²) in [4.78, 5) is 20.6. The van der Waals surface area contributed by atoms with Crippen molar-refractivity contribution in [3.8, 4) is 0 Å². The quantitative estimate of drug-likeness (QED) is 0.368. The number of hydrogen-bond donors (Lipinski definition) is 2. The zero-order chi connectivity index (χ0) is 19.9. The number of amides is 2. The van der Waals surface area contributed by atoms with E-state index in [0.717, 1.165) is 49.7 Å². The molecule has 2 heterocycles. The molecule has 1 aromatic heterocycles. The molecule has 29 heavy (non-hydrogen) atoms. The number of nitrogens with zero attached hydrogens (tertiary/aromatic N) is 4. The molecule has 1 fully saturated rings. The lowest BCUT2D eigenvalue weighted by molar-refractivity contribution is 0.222. The number of nitrogens with one attached hydrogen (secondary N) is 2. The minimum Gasteiger partial charge on any atom is -0.353 e. The molecule has 2 aromatic rings. The number of aliphatic imine (C=N–C) groups is 1. The first-order valence-electron chi connectivity index (χ1n) is 9.73. The Morgan fingerprint density at radius 2 is 1.97 bits per heavy atom. The number of aryl methyl sites for hydroxylation is 1. The first kappa shape index (κ1) is 23.1. The molecule has 8 heteroatoms. The summed E-state index contributed by atoms with van der Waals surface area (Å²) in [6, 6.07) is 12.1. The molecule has 158 valence electrons. The molecule has 7 nitrogen and oxygen atoms in total. The number of benzene rings is 1. The number of rotatable bonds is 5. The van der Waals surface area contributed by atoms with Crippen molar-refractivity contribution in [1.82, 2.24) is 19.7 Å². The standard InChI is InChI=1S/C21H30N6O.HI/c1-22-20(26(3)16-19-10-7-11-25(19)2)23-15-17-8-6-9-18(14-17)24-21(28)27-12-4-5-13-27;/h6-11,14H,4-5,12-13,15-16H2,1-3H3,(H,22,23)(H,24,28);1H. The minimum absolute atomic E-state index is 0. The molecule has 2 amide bonds. The Bertz CT molecular complexity index is 828. The van der Waals surface area contributed by atoms with Crippen molar-refractivity contribution in [2.45, 2.75) is 25.9 Å². The van der Waals surface area contributed by atoms with E-state index < -0.39 is 0 Å². The van der Waals surface area contributed by atoms with E-state index in [2.05, 4.69) is 31.2 Å². The number of guanidine groups is 1. The molecule has 0 bridgehead atoms. The molecule has 0 aliphatic carbocycles. The molecule has 1 saturated heterocycles. The molecule has 0 unspecified atom stereocenters. The van der Waals surface area contributed by atoms with Gasteiger partial charge in [0.1, 0.15) is 0 Å². The summed E-state index contributed by atoms with van der Waals surface area (Å²) in [7, 11) is 5.85. The third-order valence-electron chi connectivity index (χ3n) is 5.05. The van der Waals surface area contributed by atoms with Crippen LogP contribution in [-0.2, 0) is 20.1 Å². The average molecular weight is 510 g/mol. The van der Waals surface area contributed by atoms with Crippen LogP contribution in [0.2, 0.25) is 0 Å². The summed E-state index contributed by atoms with van der Waals surface area (Å²) in [5.74, 6) is 0.827. The van der Waals surface area contributed by atoms with E-state index in [-0.39, 0.29) is 30.0 Å². The van der Waals surface area contributed by atoms with Crippen LogP contribution in [0.1, 0.15) is 24.1 Å². The van der Waals surface area contributed by atoms with E-state index in [1.54, 1.807) is 7.05 Å². The van der Waals surface area contributed by atoms with E-state index >= 15 is 0 Å². The summed E-state index contributed by atoms with van der Waals surface area (Å²) in [6.07, 6.45) is 4.22. The van der Waals surface area contributed by atoms with Crippen molar-refractivity contribution < 1.29 is 4.79 Å². The Balaban J connectivity index is 0.00000300. The Hall–Kier alpha value is -2.23. The van der Waals surface area contributed by atoms with Gasteiger partial charge in [-0.15, -0.1) is 24.0 Å². The number of carbonyl (C=O) groups excluding carboxylic acids is 1. The smallest absolute Gasteiger partial charge is 0.321 e. The zero-order valence-electron chi connectivity index (χ0n) is 17.4. The second-order valence-electron chi connectivity index (χ2n) is 7.19. The van der Waals surface area contributed by atoms with Gasteiger partial charge in [0.15, 0.2) is 5.96 Å². The van der Waals surface area contributed by atoms with Gasteiger partial charge < -0.3 is 25.0 Å². The lowest BCUT2D eigenvalue weighted by atomic mass is 10.2. The van der Waals surface area contributed by atoms with Gasteiger partial charge in [0.05, 0.1) is 6.54 Å². The van der Waals surface area contributed by atoms with Crippen LogP contribution in [0.15, 0.2) is 47.6 Å². The van der Waals surface area contributed by atoms with E-state index in [4.69, 9.17) is 0 Å². The fourth-order valence-electron chi connectivity index (χ4n) is 3.43. The molecule has 0 spiro atoms. The first-order valence-corrected chi connectivity index (χ1v) is 9.73. The number of likely N-dealkylation sites (tertiary alicyclic amines) is 1. The van der Waals surface area contributed by atoms with E-state index in [1.165, 1.54) is 5.69 Å². The third-order valence-corrected chi connectivity index (χ3v) is 5.05. The molecule has 2 N–H and O–H groups in total. The Labute approximate surface area is 190 Å². The number of anilines is 1. The molecule has 1 aromatic carbocycles. The summed E-state index contributed by atoms with van der Waals surface area (Å²) in [5, 5.41) is 6.40. The van der Waals surface area contributed by atoms with Crippen LogP contribution in [0.25, 0.3) is 0 Å². The highest BCUT2D eigenvalue weighted by atomic mass is 127. The largest absolute Gasteiger partial charge is 0.353 e. The van der Waals surface area contributed by atoms with Crippen LogP contribution in [0.4, 0.5) is 10.5 Å². The van der Waals surface area contributed by atoms with Crippen molar-refractivity contribution in [2.75, 3.05) is 32.5 Å². The van der Waals surface area contributed by atoms with Gasteiger partial charge in [0.25, 0.3) is 0 Å². The molecule has 0 saturated carbocycles. The van der Waals surface area contributed by atoms with Crippen LogP contribution in [0.3, 0.4) is 0 Å². The summed E-state index contributed by atoms with van der Waals surface area (Å²) >= 11 is 0. The van der Waals surface area contributed by atoms with Crippen LogP contribution in [-0.4, -0.2) is 53.5 Å². The van der Waals surface area contributed by atoms with E-state index in [1.807, 2.05) is 55.5 Å². The van der Waals surface area contributed by atoms with Gasteiger partial charge in [0, 0.05) is 58.4 Å². The van der Waals surface area contributed by atoms with E-state index in [9.17, 15) is 4.79 Å². The lowest BCUT2D eigenvalue weighted by Crippen LogP contribution is -2.38. The number of aromatic nitrogens is 1. The van der Waals surface area contributed by atoms with Crippen molar-refractivity contribution in [3.05, 3.63) is 53.9 Å². The predicted molar refractivity (Wildman–Crippen MR) is 129 cm³/mol. The average Bonchev–Trinajstić information content (AvgIpc) is 3.35. The maximum Gasteiger partial charge on any atom is 0.321 e. The van der Waals surface area contributed by atoms with Crippen LogP contribution >= 0.6 is 24.0 Å².